The number of hydrogen-bond acceptors (Lipinski definition) is 4. The zero-order chi connectivity index (χ0) is 16.5. The Morgan fingerprint density at radius 2 is 1.73 bits per heavy atom. The van der Waals surface area contributed by atoms with Crippen molar-refractivity contribution >= 4 is 21.7 Å². The third-order valence-electron chi connectivity index (χ3n) is 3.21. The number of hydrogen-bond donors (Lipinski definition) is 2. The molecule has 0 unspecified atom stereocenters. The topological polar surface area (TPSA) is 94.9 Å². The Morgan fingerprint density at radius 1 is 1.14 bits per heavy atom. The van der Waals surface area contributed by atoms with Crippen LogP contribution in [0, 0.1) is 6.92 Å². The second-order valence-electron chi connectivity index (χ2n) is 4.77. The Morgan fingerprint density at radius 3 is 2.27 bits per heavy atom. The zero-order valence-corrected chi connectivity index (χ0v) is 12.8. The van der Waals surface area contributed by atoms with E-state index in [-0.39, 0.29) is 0 Å². The smallest absolute Gasteiger partial charge is 0.339 e. The molecule has 2 aromatic carbocycles. The van der Waals surface area contributed by atoms with Gasteiger partial charge in [0.2, 0.25) is 0 Å². The van der Waals surface area contributed by atoms with Gasteiger partial charge in [-0.1, -0.05) is 18.2 Å². The van der Waals surface area contributed by atoms with Gasteiger partial charge in [0.05, 0.1) is 5.69 Å². The fraction of sp³-hybridized carbons (Fsp3) is 0.133. The number of aromatic carboxylic acids is 1. The van der Waals surface area contributed by atoms with E-state index in [1.54, 1.807) is 37.3 Å². The number of rotatable bonds is 4. The molecule has 0 bridgehead atoms. The molecule has 7 heteroatoms. The number of carboxylic acids is 1. The number of para-hydroxylation sites is 1. The van der Waals surface area contributed by atoms with Crippen LogP contribution in [0.5, 0.6) is 5.75 Å². The van der Waals surface area contributed by atoms with Crippen molar-refractivity contribution in [1.82, 2.24) is 0 Å². The van der Waals surface area contributed by atoms with Crippen molar-refractivity contribution in [1.29, 1.82) is 0 Å². The van der Waals surface area contributed by atoms with E-state index in [0.29, 0.717) is 11.3 Å². The highest BCUT2D eigenvalue weighted by Gasteiger charge is 2.28. The summed E-state index contributed by atoms with van der Waals surface area (Å²) < 4.78 is 26.3. The van der Waals surface area contributed by atoms with Gasteiger partial charge in [-0.3, -0.25) is 4.31 Å². The summed E-state index contributed by atoms with van der Waals surface area (Å²) in [7, 11) is -2.74. The number of carbonyl (C=O) groups is 1. The number of sulfonamides is 1. The Hall–Kier alpha value is -2.54. The molecular weight excluding hydrogens is 306 g/mol. The molecule has 0 aliphatic carbocycles. The molecule has 0 saturated heterocycles. The van der Waals surface area contributed by atoms with Crippen molar-refractivity contribution in [2.24, 2.45) is 0 Å². The average Bonchev–Trinajstić information content (AvgIpc) is 2.48. The minimum atomic E-state index is -4.08. The maximum Gasteiger partial charge on any atom is 0.339 e. The first-order valence-electron chi connectivity index (χ1n) is 6.36. The van der Waals surface area contributed by atoms with Gasteiger partial charge in [0.15, 0.2) is 5.75 Å². The molecule has 2 rings (SSSR count). The first-order valence-corrected chi connectivity index (χ1v) is 7.80. The summed E-state index contributed by atoms with van der Waals surface area (Å²) >= 11 is 0. The maximum absolute atomic E-state index is 12.7. The van der Waals surface area contributed by atoms with Gasteiger partial charge in [0.25, 0.3) is 10.0 Å². The van der Waals surface area contributed by atoms with Crippen LogP contribution in [0.15, 0.2) is 47.4 Å². The summed E-state index contributed by atoms with van der Waals surface area (Å²) in [5.74, 6) is -2.15. The van der Waals surface area contributed by atoms with Crippen LogP contribution in [-0.2, 0) is 10.0 Å². The van der Waals surface area contributed by atoms with Crippen LogP contribution in [0.1, 0.15) is 15.9 Å². The van der Waals surface area contributed by atoms with Crippen LogP contribution in [0.2, 0.25) is 0 Å². The molecule has 0 heterocycles. The molecule has 0 aromatic heterocycles. The fourth-order valence-corrected chi connectivity index (χ4v) is 3.41. The van der Waals surface area contributed by atoms with E-state index in [9.17, 15) is 18.3 Å². The Bertz CT molecular complexity index is 815. The quantitative estimate of drug-likeness (QED) is 0.900. The molecule has 0 spiro atoms. The normalized spacial score (nSPS) is 11.2. The van der Waals surface area contributed by atoms with Crippen molar-refractivity contribution in [3.8, 4) is 5.75 Å². The molecule has 116 valence electrons. The van der Waals surface area contributed by atoms with E-state index in [4.69, 9.17) is 5.11 Å². The molecule has 2 aromatic rings. The fourth-order valence-electron chi connectivity index (χ4n) is 2.03. The van der Waals surface area contributed by atoms with E-state index < -0.39 is 32.2 Å². The average molecular weight is 321 g/mol. The summed E-state index contributed by atoms with van der Waals surface area (Å²) in [5.41, 5.74) is 0.385. The standard InChI is InChI=1S/C15H15NO5S/c1-10-8-12(15(18)19)14(17)13(9-10)22(20,21)16(2)11-6-4-3-5-7-11/h3-9,17H,1-2H3,(H,18,19). The number of benzene rings is 2. The number of anilines is 1. The minimum Gasteiger partial charge on any atom is -0.506 e. The molecule has 0 aliphatic rings. The molecule has 0 aliphatic heterocycles. The van der Waals surface area contributed by atoms with E-state index >= 15 is 0 Å². The summed E-state index contributed by atoms with van der Waals surface area (Å²) in [6.45, 7) is 1.56. The number of phenols is 1. The Kier molecular flexibility index (Phi) is 4.09. The van der Waals surface area contributed by atoms with E-state index in [1.807, 2.05) is 0 Å². The van der Waals surface area contributed by atoms with Crippen molar-refractivity contribution < 1.29 is 23.4 Å². The summed E-state index contributed by atoms with van der Waals surface area (Å²) in [6.07, 6.45) is 0. The lowest BCUT2D eigenvalue weighted by molar-refractivity contribution is 0.0693. The van der Waals surface area contributed by atoms with Crippen LogP contribution < -0.4 is 4.31 Å². The SMILES string of the molecule is Cc1cc(C(=O)O)c(O)c(S(=O)(=O)N(C)c2ccccc2)c1. The molecule has 0 amide bonds. The summed E-state index contributed by atoms with van der Waals surface area (Å²) in [5, 5.41) is 19.1. The van der Waals surface area contributed by atoms with Gasteiger partial charge in [-0.15, -0.1) is 0 Å². The van der Waals surface area contributed by atoms with Crippen molar-refractivity contribution in [3.05, 3.63) is 53.6 Å². The molecule has 6 nitrogen and oxygen atoms in total. The molecule has 0 radical (unpaired) electrons. The molecule has 0 saturated carbocycles. The van der Waals surface area contributed by atoms with Crippen LogP contribution >= 0.6 is 0 Å². The first-order chi connectivity index (χ1) is 10.2. The summed E-state index contributed by atoms with van der Waals surface area (Å²) in [4.78, 5) is 10.7. The second-order valence-corrected chi connectivity index (χ2v) is 6.71. The van der Waals surface area contributed by atoms with Gasteiger partial charge in [0, 0.05) is 7.05 Å². The lowest BCUT2D eigenvalue weighted by Gasteiger charge is -2.20. The van der Waals surface area contributed by atoms with Crippen LogP contribution in [-0.4, -0.2) is 31.6 Å². The minimum absolute atomic E-state index is 0.403. The van der Waals surface area contributed by atoms with E-state index in [0.717, 1.165) is 4.31 Å². The van der Waals surface area contributed by atoms with Gasteiger partial charge >= 0.3 is 5.97 Å². The van der Waals surface area contributed by atoms with Gasteiger partial charge < -0.3 is 10.2 Å². The largest absolute Gasteiger partial charge is 0.506 e. The highest BCUT2D eigenvalue weighted by Crippen LogP contribution is 2.32. The van der Waals surface area contributed by atoms with Crippen molar-refractivity contribution in [3.63, 3.8) is 0 Å². The van der Waals surface area contributed by atoms with Gasteiger partial charge in [-0.2, -0.15) is 0 Å². The molecule has 0 atom stereocenters. The number of aryl methyl sites for hydroxylation is 1. The van der Waals surface area contributed by atoms with E-state index in [1.165, 1.54) is 19.2 Å². The zero-order valence-electron chi connectivity index (χ0n) is 12.0. The predicted molar refractivity (Wildman–Crippen MR) is 81.8 cm³/mol. The van der Waals surface area contributed by atoms with Gasteiger partial charge in [0.1, 0.15) is 10.5 Å². The Labute approximate surface area is 128 Å². The van der Waals surface area contributed by atoms with Gasteiger partial charge in [-0.05, 0) is 36.8 Å². The maximum atomic E-state index is 12.7. The third kappa shape index (κ3) is 2.75. The number of aromatic hydroxyl groups is 1. The molecular formula is C15H15NO5S. The van der Waals surface area contributed by atoms with Crippen LogP contribution in [0.25, 0.3) is 0 Å². The second kappa shape index (κ2) is 5.69. The lowest BCUT2D eigenvalue weighted by Crippen LogP contribution is -2.27. The van der Waals surface area contributed by atoms with Crippen molar-refractivity contribution in [2.45, 2.75) is 11.8 Å². The predicted octanol–water partition coefficient (Wildman–Crippen LogP) is 2.22. The van der Waals surface area contributed by atoms with Crippen LogP contribution in [0.3, 0.4) is 0 Å². The first kappa shape index (κ1) is 15.8. The molecule has 0 fully saturated rings. The Balaban J connectivity index is 2.62. The van der Waals surface area contributed by atoms with E-state index in [2.05, 4.69) is 0 Å². The highest BCUT2D eigenvalue weighted by atomic mass is 32.2. The monoisotopic (exact) mass is 321 g/mol. The number of carboxylic acid groups (broad SMARTS) is 1. The molecule has 22 heavy (non-hydrogen) atoms. The van der Waals surface area contributed by atoms with Crippen molar-refractivity contribution in [2.75, 3.05) is 11.4 Å². The third-order valence-corrected chi connectivity index (χ3v) is 5.01. The lowest BCUT2D eigenvalue weighted by atomic mass is 10.1. The van der Waals surface area contributed by atoms with Gasteiger partial charge in [-0.25, -0.2) is 13.2 Å². The van der Waals surface area contributed by atoms with Crippen LogP contribution in [0.4, 0.5) is 5.69 Å². The highest BCUT2D eigenvalue weighted by molar-refractivity contribution is 7.92. The number of nitrogens with zero attached hydrogens (tertiary/aromatic N) is 1. The molecule has 2 N–H and O–H groups in total. The summed E-state index contributed by atoms with van der Waals surface area (Å²) in [6, 6.07) is 10.8.